The Bertz CT molecular complexity index is 620. The summed E-state index contributed by atoms with van der Waals surface area (Å²) in [4.78, 5) is 4.39. The number of rotatable bonds is 1. The number of nitrogens with zero attached hydrogens (tertiary/aromatic N) is 2. The lowest BCUT2D eigenvalue weighted by atomic mass is 10.0. The van der Waals surface area contributed by atoms with Gasteiger partial charge >= 0.3 is 0 Å². The molecule has 0 fully saturated rings. The van der Waals surface area contributed by atoms with Crippen molar-refractivity contribution in [1.29, 1.82) is 0 Å². The number of benzene rings is 1. The maximum atomic E-state index is 5.25. The molecule has 0 amide bonds. The Balaban J connectivity index is 2.07. The molecule has 1 aromatic heterocycles. The molecule has 0 saturated carbocycles. The highest BCUT2D eigenvalue weighted by Crippen LogP contribution is 2.23. The summed E-state index contributed by atoms with van der Waals surface area (Å²) >= 11 is 0. The molecule has 0 spiro atoms. The molecule has 0 radical (unpaired) electrons. The molecule has 0 bridgehead atoms. The summed E-state index contributed by atoms with van der Waals surface area (Å²) in [5.74, 6) is 0. The molecule has 3 nitrogen and oxygen atoms in total. The minimum absolute atomic E-state index is 0.835. The predicted molar refractivity (Wildman–Crippen MR) is 63.7 cm³/mol. The van der Waals surface area contributed by atoms with E-state index in [0.717, 1.165) is 34.4 Å². The van der Waals surface area contributed by atoms with E-state index in [1.807, 2.05) is 25.3 Å². The van der Waals surface area contributed by atoms with Gasteiger partial charge < -0.3 is 4.52 Å². The monoisotopic (exact) mass is 212 g/mol. The number of aliphatic imine (C=N–C) groups is 1. The van der Waals surface area contributed by atoms with Crippen molar-refractivity contribution >= 4 is 16.7 Å². The second-order valence-electron chi connectivity index (χ2n) is 4.21. The van der Waals surface area contributed by atoms with Crippen molar-refractivity contribution in [3.05, 3.63) is 41.2 Å². The quantitative estimate of drug-likeness (QED) is 0.727. The number of aromatic nitrogens is 1. The van der Waals surface area contributed by atoms with Crippen molar-refractivity contribution in [3.63, 3.8) is 0 Å². The van der Waals surface area contributed by atoms with Crippen molar-refractivity contribution < 1.29 is 4.52 Å². The molecular weight excluding hydrogens is 200 g/mol. The third kappa shape index (κ3) is 1.36. The molecule has 2 aromatic rings. The first kappa shape index (κ1) is 9.33. The maximum absolute atomic E-state index is 5.25. The van der Waals surface area contributed by atoms with Crippen LogP contribution in [-0.2, 0) is 0 Å². The molecule has 3 rings (SSSR count). The predicted octanol–water partition coefficient (Wildman–Crippen LogP) is 3.23. The Labute approximate surface area is 93.5 Å². The lowest BCUT2D eigenvalue weighted by Crippen LogP contribution is -1.96. The number of fused-ring (bicyclic) bond motifs is 1. The van der Waals surface area contributed by atoms with Crippen molar-refractivity contribution in [3.8, 4) is 0 Å². The summed E-state index contributed by atoms with van der Waals surface area (Å²) in [6, 6.07) is 6.14. The van der Waals surface area contributed by atoms with Gasteiger partial charge in [0.1, 0.15) is 0 Å². The van der Waals surface area contributed by atoms with Crippen LogP contribution in [0.2, 0.25) is 0 Å². The van der Waals surface area contributed by atoms with Gasteiger partial charge in [-0.05, 0) is 31.6 Å². The van der Waals surface area contributed by atoms with Crippen molar-refractivity contribution in [2.75, 3.05) is 0 Å². The van der Waals surface area contributed by atoms with Crippen LogP contribution in [0, 0.1) is 6.92 Å². The van der Waals surface area contributed by atoms with E-state index in [2.05, 4.69) is 23.1 Å². The minimum atomic E-state index is 0.835. The molecule has 3 heteroatoms. The largest absolute Gasteiger partial charge is 0.356 e. The van der Waals surface area contributed by atoms with Crippen LogP contribution >= 0.6 is 0 Å². The van der Waals surface area contributed by atoms with Crippen molar-refractivity contribution in [2.24, 2.45) is 4.99 Å². The lowest BCUT2D eigenvalue weighted by Gasteiger charge is -2.00. The molecule has 0 atom stereocenters. The molecule has 0 saturated heterocycles. The van der Waals surface area contributed by atoms with Crippen LogP contribution in [0.5, 0.6) is 0 Å². The standard InChI is InChI=1S/C13H12N2O/c1-8-5-12(14-7-8)10-3-4-11-9(2)15-16-13(11)6-10/h3-4,6-7H,5H2,1-2H3. The van der Waals surface area contributed by atoms with Crippen molar-refractivity contribution in [2.45, 2.75) is 20.3 Å². The minimum Gasteiger partial charge on any atom is -0.356 e. The van der Waals surface area contributed by atoms with Gasteiger partial charge in [-0.15, -0.1) is 0 Å². The Morgan fingerprint density at radius 2 is 2.12 bits per heavy atom. The van der Waals surface area contributed by atoms with E-state index in [4.69, 9.17) is 4.52 Å². The normalized spacial score (nSPS) is 15.4. The van der Waals surface area contributed by atoms with E-state index in [0.29, 0.717) is 0 Å². The molecule has 0 aliphatic carbocycles. The van der Waals surface area contributed by atoms with E-state index < -0.39 is 0 Å². The third-order valence-corrected chi connectivity index (χ3v) is 2.87. The topological polar surface area (TPSA) is 38.4 Å². The molecule has 0 N–H and O–H groups in total. The Hall–Kier alpha value is -1.90. The summed E-state index contributed by atoms with van der Waals surface area (Å²) in [7, 11) is 0. The number of aryl methyl sites for hydroxylation is 1. The molecule has 1 aliphatic heterocycles. The fourth-order valence-electron chi connectivity index (χ4n) is 1.96. The summed E-state index contributed by atoms with van der Waals surface area (Å²) in [5.41, 5.74) is 5.29. The summed E-state index contributed by atoms with van der Waals surface area (Å²) in [5, 5.41) is 5.03. The lowest BCUT2D eigenvalue weighted by molar-refractivity contribution is 0.450. The van der Waals surface area contributed by atoms with Gasteiger partial charge in [0.15, 0.2) is 5.58 Å². The van der Waals surface area contributed by atoms with Gasteiger partial charge in [-0.2, -0.15) is 0 Å². The average molecular weight is 212 g/mol. The van der Waals surface area contributed by atoms with Crippen LogP contribution in [-0.4, -0.2) is 10.9 Å². The molecule has 80 valence electrons. The Kier molecular flexibility index (Phi) is 1.93. The van der Waals surface area contributed by atoms with Gasteiger partial charge in [0, 0.05) is 23.6 Å². The van der Waals surface area contributed by atoms with Crippen LogP contribution in [0.15, 0.2) is 39.5 Å². The van der Waals surface area contributed by atoms with Crippen LogP contribution in [0.3, 0.4) is 0 Å². The summed E-state index contributed by atoms with van der Waals surface area (Å²) in [6.07, 6.45) is 2.85. The van der Waals surface area contributed by atoms with Crippen molar-refractivity contribution in [1.82, 2.24) is 5.16 Å². The van der Waals surface area contributed by atoms with E-state index in [1.165, 1.54) is 5.57 Å². The van der Waals surface area contributed by atoms with E-state index in [9.17, 15) is 0 Å². The Morgan fingerprint density at radius 3 is 2.88 bits per heavy atom. The zero-order valence-electron chi connectivity index (χ0n) is 9.32. The molecule has 16 heavy (non-hydrogen) atoms. The molecule has 1 aromatic carbocycles. The molecule has 2 heterocycles. The fraction of sp³-hybridized carbons (Fsp3) is 0.231. The van der Waals surface area contributed by atoms with Gasteiger partial charge in [-0.25, -0.2) is 0 Å². The number of allylic oxidation sites excluding steroid dienone is 1. The highest BCUT2D eigenvalue weighted by molar-refractivity contribution is 6.05. The first-order chi connectivity index (χ1) is 7.74. The summed E-state index contributed by atoms with van der Waals surface area (Å²) < 4.78 is 5.25. The zero-order chi connectivity index (χ0) is 11.1. The Morgan fingerprint density at radius 1 is 1.25 bits per heavy atom. The first-order valence-corrected chi connectivity index (χ1v) is 5.33. The second-order valence-corrected chi connectivity index (χ2v) is 4.21. The smallest absolute Gasteiger partial charge is 0.167 e. The van der Waals surface area contributed by atoms with Gasteiger partial charge in [0.2, 0.25) is 0 Å². The third-order valence-electron chi connectivity index (χ3n) is 2.87. The first-order valence-electron chi connectivity index (χ1n) is 5.33. The number of hydrogen-bond donors (Lipinski definition) is 0. The van der Waals surface area contributed by atoms with Gasteiger partial charge in [0.05, 0.1) is 11.4 Å². The van der Waals surface area contributed by atoms with Gasteiger partial charge in [-0.1, -0.05) is 11.2 Å². The van der Waals surface area contributed by atoms with E-state index in [-0.39, 0.29) is 0 Å². The highest BCUT2D eigenvalue weighted by atomic mass is 16.5. The van der Waals surface area contributed by atoms with Crippen LogP contribution < -0.4 is 0 Å². The van der Waals surface area contributed by atoms with Gasteiger partial charge in [-0.3, -0.25) is 4.99 Å². The fourth-order valence-corrected chi connectivity index (χ4v) is 1.96. The molecule has 0 unspecified atom stereocenters. The SMILES string of the molecule is CC1=CN=C(c2ccc3c(C)noc3c2)C1. The van der Waals surface area contributed by atoms with E-state index in [1.54, 1.807) is 0 Å². The number of hydrogen-bond acceptors (Lipinski definition) is 3. The zero-order valence-corrected chi connectivity index (χ0v) is 9.32. The van der Waals surface area contributed by atoms with Gasteiger partial charge in [0.25, 0.3) is 0 Å². The van der Waals surface area contributed by atoms with Crippen LogP contribution in [0.4, 0.5) is 0 Å². The van der Waals surface area contributed by atoms with Crippen LogP contribution in [0.1, 0.15) is 24.6 Å². The van der Waals surface area contributed by atoms with Crippen LogP contribution in [0.25, 0.3) is 11.0 Å². The summed E-state index contributed by atoms with van der Waals surface area (Å²) in [6.45, 7) is 4.04. The second kappa shape index (κ2) is 3.30. The average Bonchev–Trinajstić information content (AvgIpc) is 2.86. The highest BCUT2D eigenvalue weighted by Gasteiger charge is 2.11. The van der Waals surface area contributed by atoms with E-state index >= 15 is 0 Å². The molecule has 1 aliphatic rings. The molecular formula is C13H12N2O. The maximum Gasteiger partial charge on any atom is 0.167 e.